The molecule has 0 unspecified atom stereocenters. The van der Waals surface area contributed by atoms with Gasteiger partial charge in [0.05, 0.1) is 0 Å². The molecule has 0 amide bonds. The molecule has 1 nitrogen and oxygen atoms in total. The van der Waals surface area contributed by atoms with Crippen molar-refractivity contribution in [3.8, 4) is 0 Å². The Balaban J connectivity index is 2.03. The van der Waals surface area contributed by atoms with Gasteiger partial charge in [0.15, 0.2) is 0 Å². The van der Waals surface area contributed by atoms with Crippen LogP contribution in [0.5, 0.6) is 0 Å². The molecule has 16 heavy (non-hydrogen) atoms. The van der Waals surface area contributed by atoms with Gasteiger partial charge in [0, 0.05) is 16.9 Å². The molecule has 0 saturated heterocycles. The molecule has 1 saturated carbocycles. The Morgan fingerprint density at radius 1 is 1.38 bits per heavy atom. The molecular weight excluding hydrogens is 269 g/mol. The Morgan fingerprint density at radius 2 is 2.06 bits per heavy atom. The zero-order valence-electron chi connectivity index (χ0n) is 9.26. The number of benzene rings is 1. The van der Waals surface area contributed by atoms with Crippen molar-refractivity contribution >= 4 is 15.9 Å². The highest BCUT2D eigenvalue weighted by Gasteiger charge is 2.34. The van der Waals surface area contributed by atoms with Crippen molar-refractivity contribution < 1.29 is 4.39 Å². The third-order valence-corrected chi connectivity index (χ3v) is 3.83. The molecule has 0 bridgehead atoms. The van der Waals surface area contributed by atoms with E-state index in [0.29, 0.717) is 19.3 Å². The lowest BCUT2D eigenvalue weighted by Gasteiger charge is -2.32. The summed E-state index contributed by atoms with van der Waals surface area (Å²) in [7, 11) is 0. The molecule has 0 heterocycles. The summed E-state index contributed by atoms with van der Waals surface area (Å²) < 4.78 is 15.5. The van der Waals surface area contributed by atoms with Crippen LogP contribution in [0.15, 0.2) is 28.7 Å². The van der Waals surface area contributed by atoms with Crippen LogP contribution in [0.25, 0.3) is 0 Å². The van der Waals surface area contributed by atoms with E-state index in [0.717, 1.165) is 22.9 Å². The van der Waals surface area contributed by atoms with E-state index >= 15 is 0 Å². The van der Waals surface area contributed by atoms with E-state index in [1.807, 2.05) is 24.3 Å². The second kappa shape index (κ2) is 4.84. The molecule has 0 aliphatic heterocycles. The Morgan fingerprint density at radius 3 is 2.69 bits per heavy atom. The van der Waals surface area contributed by atoms with Crippen LogP contribution in [0.3, 0.4) is 0 Å². The van der Waals surface area contributed by atoms with Crippen LogP contribution in [-0.2, 0) is 6.42 Å². The lowest BCUT2D eigenvalue weighted by molar-refractivity contribution is 0.0995. The molecular formula is C13H17BrFN. The van der Waals surface area contributed by atoms with E-state index in [4.69, 9.17) is 5.73 Å². The van der Waals surface area contributed by atoms with Crippen LogP contribution in [0, 0.1) is 0 Å². The van der Waals surface area contributed by atoms with E-state index in [2.05, 4.69) is 15.9 Å². The molecule has 0 radical (unpaired) electrons. The molecule has 1 aromatic rings. The molecule has 88 valence electrons. The smallest absolute Gasteiger partial charge is 0.115 e. The van der Waals surface area contributed by atoms with Crippen molar-refractivity contribution in [2.75, 3.05) is 0 Å². The van der Waals surface area contributed by atoms with Crippen molar-refractivity contribution in [3.05, 3.63) is 34.3 Å². The summed E-state index contributed by atoms with van der Waals surface area (Å²) in [4.78, 5) is 0. The Bertz CT molecular complexity index is 359. The molecule has 2 N–H and O–H groups in total. The second-order valence-corrected chi connectivity index (χ2v) is 5.71. The number of nitrogens with two attached hydrogens (primary N) is 1. The standard InChI is InChI=1S/C13H17BrFN/c14-11-3-1-2-10(8-11)9-13(15)6-4-12(16)5-7-13/h1-3,8,12H,4-7,9,16H2. The fourth-order valence-electron chi connectivity index (χ4n) is 2.35. The zero-order chi connectivity index (χ0) is 11.6. The van der Waals surface area contributed by atoms with Gasteiger partial charge in [-0.3, -0.25) is 0 Å². The Labute approximate surface area is 104 Å². The van der Waals surface area contributed by atoms with E-state index in [1.165, 1.54) is 0 Å². The maximum Gasteiger partial charge on any atom is 0.115 e. The van der Waals surface area contributed by atoms with Crippen molar-refractivity contribution in [1.82, 2.24) is 0 Å². The third-order valence-electron chi connectivity index (χ3n) is 3.34. The topological polar surface area (TPSA) is 26.0 Å². The highest BCUT2D eigenvalue weighted by atomic mass is 79.9. The van der Waals surface area contributed by atoms with Crippen LogP contribution in [-0.4, -0.2) is 11.7 Å². The van der Waals surface area contributed by atoms with E-state index in [9.17, 15) is 4.39 Å². The van der Waals surface area contributed by atoms with Gasteiger partial charge < -0.3 is 5.73 Å². The fourth-order valence-corrected chi connectivity index (χ4v) is 2.79. The molecule has 0 atom stereocenters. The van der Waals surface area contributed by atoms with Crippen LogP contribution in [0.2, 0.25) is 0 Å². The van der Waals surface area contributed by atoms with Gasteiger partial charge in [0.1, 0.15) is 5.67 Å². The van der Waals surface area contributed by atoms with Gasteiger partial charge in [-0.1, -0.05) is 28.1 Å². The first-order chi connectivity index (χ1) is 7.57. The quantitative estimate of drug-likeness (QED) is 0.883. The number of rotatable bonds is 2. The summed E-state index contributed by atoms with van der Waals surface area (Å²) in [5, 5.41) is 0. The minimum absolute atomic E-state index is 0.200. The van der Waals surface area contributed by atoms with Gasteiger partial charge in [0.2, 0.25) is 0 Å². The third kappa shape index (κ3) is 3.05. The molecule has 1 aliphatic rings. The minimum Gasteiger partial charge on any atom is -0.328 e. The Kier molecular flexibility index (Phi) is 3.65. The minimum atomic E-state index is -1.04. The van der Waals surface area contributed by atoms with E-state index in [1.54, 1.807) is 0 Å². The van der Waals surface area contributed by atoms with Crippen LogP contribution >= 0.6 is 15.9 Å². The summed E-state index contributed by atoms with van der Waals surface area (Å²) in [5.41, 5.74) is 5.82. The van der Waals surface area contributed by atoms with Crippen LogP contribution < -0.4 is 5.73 Å². The average Bonchev–Trinajstić information content (AvgIpc) is 2.23. The number of alkyl halides is 1. The molecule has 3 heteroatoms. The number of hydrogen-bond donors (Lipinski definition) is 1. The van der Waals surface area contributed by atoms with Crippen molar-refractivity contribution in [2.24, 2.45) is 5.73 Å². The first kappa shape index (κ1) is 12.1. The molecule has 0 aromatic heterocycles. The molecule has 1 aromatic carbocycles. The summed E-state index contributed by atoms with van der Waals surface area (Å²) in [6.07, 6.45) is 3.33. The summed E-state index contributed by atoms with van der Waals surface area (Å²) in [6.45, 7) is 0. The van der Waals surface area contributed by atoms with E-state index in [-0.39, 0.29) is 6.04 Å². The number of hydrogen-bond acceptors (Lipinski definition) is 1. The van der Waals surface area contributed by atoms with Crippen molar-refractivity contribution in [3.63, 3.8) is 0 Å². The van der Waals surface area contributed by atoms with Gasteiger partial charge in [-0.05, 0) is 43.4 Å². The van der Waals surface area contributed by atoms with Gasteiger partial charge in [-0.15, -0.1) is 0 Å². The number of halogens is 2. The molecule has 2 rings (SSSR count). The van der Waals surface area contributed by atoms with Crippen LogP contribution in [0.1, 0.15) is 31.2 Å². The lowest BCUT2D eigenvalue weighted by atomic mass is 9.80. The zero-order valence-corrected chi connectivity index (χ0v) is 10.8. The predicted octanol–water partition coefficient (Wildman–Crippen LogP) is 3.60. The maximum absolute atomic E-state index is 14.5. The largest absolute Gasteiger partial charge is 0.328 e. The second-order valence-electron chi connectivity index (χ2n) is 4.80. The highest BCUT2D eigenvalue weighted by molar-refractivity contribution is 9.10. The summed E-state index contributed by atoms with van der Waals surface area (Å²) in [6, 6.07) is 8.10. The van der Waals surface area contributed by atoms with Gasteiger partial charge in [-0.25, -0.2) is 4.39 Å². The lowest BCUT2D eigenvalue weighted by Crippen LogP contribution is -2.37. The predicted molar refractivity (Wildman–Crippen MR) is 68.1 cm³/mol. The first-order valence-corrected chi connectivity index (χ1v) is 6.56. The van der Waals surface area contributed by atoms with Crippen molar-refractivity contribution in [1.29, 1.82) is 0 Å². The average molecular weight is 286 g/mol. The van der Waals surface area contributed by atoms with Crippen LogP contribution in [0.4, 0.5) is 4.39 Å². The highest BCUT2D eigenvalue weighted by Crippen LogP contribution is 2.34. The Hall–Kier alpha value is -0.410. The van der Waals surface area contributed by atoms with Gasteiger partial charge >= 0.3 is 0 Å². The summed E-state index contributed by atoms with van der Waals surface area (Å²) >= 11 is 3.41. The fraction of sp³-hybridized carbons (Fsp3) is 0.538. The maximum atomic E-state index is 14.5. The van der Waals surface area contributed by atoms with E-state index < -0.39 is 5.67 Å². The molecule has 1 aliphatic carbocycles. The normalized spacial score (nSPS) is 30.3. The monoisotopic (exact) mass is 285 g/mol. The summed E-state index contributed by atoms with van der Waals surface area (Å²) in [5.74, 6) is 0. The SMILES string of the molecule is NC1CCC(F)(Cc2cccc(Br)c2)CC1. The first-order valence-electron chi connectivity index (χ1n) is 5.76. The van der Waals surface area contributed by atoms with Gasteiger partial charge in [0.25, 0.3) is 0 Å². The molecule has 0 spiro atoms. The van der Waals surface area contributed by atoms with Crippen molar-refractivity contribution in [2.45, 2.75) is 43.8 Å². The molecule has 1 fully saturated rings. The van der Waals surface area contributed by atoms with Gasteiger partial charge in [-0.2, -0.15) is 0 Å².